The Morgan fingerprint density at radius 3 is 2.73 bits per heavy atom. The fraction of sp³-hybridized carbons (Fsp3) is 0.222. The van der Waals surface area contributed by atoms with Crippen molar-refractivity contribution in [2.24, 2.45) is 0 Å². The zero-order chi connectivity index (χ0) is 20.7. The molecule has 148 valence electrons. The zero-order valence-corrected chi connectivity index (χ0v) is 17.4. The predicted octanol–water partition coefficient (Wildman–Crippen LogP) is 6.11. The molecule has 0 amide bonds. The average molecular weight is 392 g/mol. The molecule has 30 heavy (non-hydrogen) atoms. The van der Waals surface area contributed by atoms with Gasteiger partial charge in [-0.1, -0.05) is 62.4 Å². The van der Waals surface area contributed by atoms with Gasteiger partial charge in [0.1, 0.15) is 11.8 Å². The summed E-state index contributed by atoms with van der Waals surface area (Å²) in [7, 11) is 0. The third-order valence-electron chi connectivity index (χ3n) is 6.42. The van der Waals surface area contributed by atoms with E-state index in [1.807, 2.05) is 6.08 Å². The van der Waals surface area contributed by atoms with Crippen molar-refractivity contribution in [2.45, 2.75) is 32.1 Å². The number of hydrogen-bond acceptors (Lipinski definition) is 3. The molecule has 2 aliphatic heterocycles. The second-order valence-electron chi connectivity index (χ2n) is 8.57. The van der Waals surface area contributed by atoms with Crippen LogP contribution >= 0.6 is 0 Å². The molecular formula is C27H25N3. The van der Waals surface area contributed by atoms with Crippen LogP contribution in [0.2, 0.25) is 0 Å². The number of allylic oxidation sites excluding steroid dienone is 7. The van der Waals surface area contributed by atoms with Crippen molar-refractivity contribution in [2.75, 3.05) is 11.4 Å². The number of dihydropyridines is 1. The summed E-state index contributed by atoms with van der Waals surface area (Å²) in [6.07, 6.45) is 10.7. The van der Waals surface area contributed by atoms with E-state index in [9.17, 15) is 0 Å². The van der Waals surface area contributed by atoms with Crippen LogP contribution < -0.4 is 10.2 Å². The van der Waals surface area contributed by atoms with Crippen molar-refractivity contribution < 1.29 is 0 Å². The number of nitriles is 1. The first-order chi connectivity index (χ1) is 14.6. The van der Waals surface area contributed by atoms with Crippen LogP contribution in [0.4, 0.5) is 11.4 Å². The van der Waals surface area contributed by atoms with Crippen molar-refractivity contribution in [3.8, 4) is 6.07 Å². The lowest BCUT2D eigenvalue weighted by Gasteiger charge is -2.44. The third-order valence-corrected chi connectivity index (χ3v) is 6.42. The molecule has 0 fully saturated rings. The van der Waals surface area contributed by atoms with Crippen LogP contribution in [-0.4, -0.2) is 6.54 Å². The Bertz CT molecular complexity index is 1180. The Morgan fingerprint density at radius 2 is 1.93 bits per heavy atom. The molecule has 2 aromatic carbocycles. The van der Waals surface area contributed by atoms with Crippen LogP contribution in [0.5, 0.6) is 0 Å². The van der Waals surface area contributed by atoms with Crippen molar-refractivity contribution in [1.82, 2.24) is 5.32 Å². The van der Waals surface area contributed by atoms with E-state index in [0.29, 0.717) is 12.2 Å². The minimum atomic E-state index is -0.00867. The highest BCUT2D eigenvalue weighted by Gasteiger charge is 2.38. The highest BCUT2D eigenvalue weighted by atomic mass is 15.2. The summed E-state index contributed by atoms with van der Waals surface area (Å²) < 4.78 is 0. The fourth-order valence-corrected chi connectivity index (χ4v) is 4.85. The zero-order valence-electron chi connectivity index (χ0n) is 17.4. The average Bonchev–Trinajstić information content (AvgIpc) is 2.80. The first-order valence-electron chi connectivity index (χ1n) is 10.5. The number of fused-ring (bicyclic) bond motifs is 1. The Hall–Kier alpha value is -3.51. The number of benzene rings is 2. The van der Waals surface area contributed by atoms with Crippen molar-refractivity contribution in [3.05, 3.63) is 101 Å². The first-order valence-corrected chi connectivity index (χ1v) is 10.5. The van der Waals surface area contributed by atoms with Crippen LogP contribution in [0.25, 0.3) is 5.57 Å². The van der Waals surface area contributed by atoms with Crippen LogP contribution in [0.3, 0.4) is 0 Å². The Labute approximate surface area is 178 Å². The second-order valence-corrected chi connectivity index (χ2v) is 8.57. The van der Waals surface area contributed by atoms with Crippen LogP contribution in [0.15, 0.2) is 89.8 Å². The van der Waals surface area contributed by atoms with E-state index in [0.717, 1.165) is 12.8 Å². The molecule has 0 saturated heterocycles. The minimum absolute atomic E-state index is 0.00867. The summed E-state index contributed by atoms with van der Waals surface area (Å²) in [5.74, 6) is 0. The van der Waals surface area contributed by atoms with Gasteiger partial charge in [0.05, 0.1) is 0 Å². The van der Waals surface area contributed by atoms with E-state index in [-0.39, 0.29) is 5.41 Å². The van der Waals surface area contributed by atoms with Crippen molar-refractivity contribution in [1.29, 1.82) is 5.26 Å². The molecule has 0 aromatic heterocycles. The van der Waals surface area contributed by atoms with Gasteiger partial charge in [-0.05, 0) is 59.4 Å². The lowest BCUT2D eigenvalue weighted by Crippen LogP contribution is -2.34. The first kappa shape index (κ1) is 18.5. The van der Waals surface area contributed by atoms with Gasteiger partial charge in [0.25, 0.3) is 0 Å². The smallest absolute Gasteiger partial charge is 0.117 e. The molecule has 1 aliphatic carbocycles. The van der Waals surface area contributed by atoms with Gasteiger partial charge in [0.15, 0.2) is 0 Å². The third kappa shape index (κ3) is 2.88. The molecule has 2 aromatic rings. The summed E-state index contributed by atoms with van der Waals surface area (Å²) in [5.41, 5.74) is 9.63. The van der Waals surface area contributed by atoms with E-state index in [1.165, 1.54) is 39.3 Å². The SMILES string of the molecule is CC1(C)C2=C(CCC=C2)N(c2cccc(C3=CC=C(C#N)NC3)c2)c2ccccc21. The van der Waals surface area contributed by atoms with E-state index < -0.39 is 0 Å². The van der Waals surface area contributed by atoms with E-state index >= 15 is 0 Å². The van der Waals surface area contributed by atoms with E-state index in [2.05, 4.69) is 96.9 Å². The number of nitrogens with zero attached hydrogens (tertiary/aromatic N) is 2. The number of nitrogens with one attached hydrogen (secondary N) is 1. The van der Waals surface area contributed by atoms with Gasteiger partial charge >= 0.3 is 0 Å². The monoisotopic (exact) mass is 391 g/mol. The predicted molar refractivity (Wildman–Crippen MR) is 123 cm³/mol. The fourth-order valence-electron chi connectivity index (χ4n) is 4.85. The molecule has 5 rings (SSSR count). The Kier molecular flexibility index (Phi) is 4.37. The molecule has 0 bridgehead atoms. The van der Waals surface area contributed by atoms with Gasteiger partial charge in [-0.15, -0.1) is 0 Å². The van der Waals surface area contributed by atoms with Gasteiger partial charge in [0, 0.05) is 29.0 Å². The van der Waals surface area contributed by atoms with Gasteiger partial charge in [0.2, 0.25) is 0 Å². The van der Waals surface area contributed by atoms with Crippen LogP contribution in [0, 0.1) is 11.3 Å². The highest BCUT2D eigenvalue weighted by molar-refractivity contribution is 5.81. The topological polar surface area (TPSA) is 39.1 Å². The Balaban J connectivity index is 1.65. The number of hydrogen-bond donors (Lipinski definition) is 1. The van der Waals surface area contributed by atoms with Gasteiger partial charge < -0.3 is 10.2 Å². The normalized spacial score (nSPS) is 19.2. The molecule has 3 aliphatic rings. The molecule has 0 radical (unpaired) electrons. The highest BCUT2D eigenvalue weighted by Crippen LogP contribution is 2.50. The second kappa shape index (κ2) is 7.07. The molecule has 0 atom stereocenters. The number of rotatable bonds is 2. The summed E-state index contributed by atoms with van der Waals surface area (Å²) in [6.45, 7) is 5.34. The maximum Gasteiger partial charge on any atom is 0.117 e. The minimum Gasteiger partial charge on any atom is -0.372 e. The molecule has 3 heteroatoms. The van der Waals surface area contributed by atoms with Crippen molar-refractivity contribution in [3.63, 3.8) is 0 Å². The Morgan fingerprint density at radius 1 is 1.07 bits per heavy atom. The largest absolute Gasteiger partial charge is 0.372 e. The molecule has 0 saturated carbocycles. The molecule has 2 heterocycles. The standard InChI is InChI=1S/C27H25N3/c1-27(2)23-10-3-5-12-25(23)30(26-13-6-4-11-24(26)27)22-9-7-8-19(16-22)20-14-15-21(17-28)29-18-20/h3-5,7-12,14-16,29H,6,13,18H2,1-2H3. The van der Waals surface area contributed by atoms with Crippen molar-refractivity contribution >= 4 is 16.9 Å². The van der Waals surface area contributed by atoms with E-state index in [1.54, 1.807) is 0 Å². The molecule has 0 spiro atoms. The molecule has 0 unspecified atom stereocenters. The van der Waals surface area contributed by atoms with Gasteiger partial charge in [-0.25, -0.2) is 0 Å². The van der Waals surface area contributed by atoms with Crippen LogP contribution in [0.1, 0.15) is 37.8 Å². The number of para-hydroxylation sites is 1. The number of anilines is 2. The quantitative estimate of drug-likeness (QED) is 0.671. The van der Waals surface area contributed by atoms with Gasteiger partial charge in [-0.3, -0.25) is 0 Å². The van der Waals surface area contributed by atoms with E-state index in [4.69, 9.17) is 5.26 Å². The lowest BCUT2D eigenvalue weighted by atomic mass is 9.71. The summed E-state index contributed by atoms with van der Waals surface area (Å²) in [6, 6.07) is 19.7. The maximum absolute atomic E-state index is 9.08. The van der Waals surface area contributed by atoms with Crippen LogP contribution in [-0.2, 0) is 5.41 Å². The molecular weight excluding hydrogens is 366 g/mol. The molecule has 3 nitrogen and oxygen atoms in total. The molecule has 1 N–H and O–H groups in total. The lowest BCUT2D eigenvalue weighted by molar-refractivity contribution is 0.603. The maximum atomic E-state index is 9.08. The summed E-state index contributed by atoms with van der Waals surface area (Å²) in [5, 5.41) is 12.3. The summed E-state index contributed by atoms with van der Waals surface area (Å²) in [4.78, 5) is 2.45. The summed E-state index contributed by atoms with van der Waals surface area (Å²) >= 11 is 0. The van der Waals surface area contributed by atoms with Gasteiger partial charge in [-0.2, -0.15) is 5.26 Å².